The van der Waals surface area contributed by atoms with Crippen molar-refractivity contribution in [2.75, 3.05) is 5.32 Å². The number of aryl methyl sites for hydroxylation is 1. The third-order valence-corrected chi connectivity index (χ3v) is 5.14. The van der Waals surface area contributed by atoms with Gasteiger partial charge in [-0.3, -0.25) is 9.59 Å². The molecule has 6 heteroatoms. The molecule has 0 heterocycles. The molecule has 2 fully saturated rings. The first kappa shape index (κ1) is 14.9. The van der Waals surface area contributed by atoms with Gasteiger partial charge in [0.2, 0.25) is 5.91 Å². The monoisotopic (exact) mass is 309 g/mol. The van der Waals surface area contributed by atoms with Crippen LogP contribution in [0.1, 0.15) is 37.7 Å². The predicted octanol–water partition coefficient (Wildman–Crippen LogP) is 3.25. The summed E-state index contributed by atoms with van der Waals surface area (Å²) < 4.78 is 27.4. The van der Waals surface area contributed by atoms with Gasteiger partial charge in [0.25, 0.3) is 0 Å². The maximum atomic E-state index is 13.8. The maximum absolute atomic E-state index is 13.8. The van der Waals surface area contributed by atoms with Crippen molar-refractivity contribution in [2.24, 2.45) is 10.8 Å². The Labute approximate surface area is 126 Å². The molecule has 0 aromatic heterocycles. The van der Waals surface area contributed by atoms with E-state index in [-0.39, 0.29) is 29.5 Å². The summed E-state index contributed by atoms with van der Waals surface area (Å²) in [6.45, 7) is 1.41. The molecule has 118 valence electrons. The average molecular weight is 309 g/mol. The SMILES string of the molecule is Cc1ccc(NC(=O)C2(C(=O)O)CC3(CCC3)C2)c(F)c1F. The van der Waals surface area contributed by atoms with Gasteiger partial charge in [-0.05, 0) is 49.7 Å². The molecule has 0 saturated heterocycles. The molecule has 1 aromatic rings. The number of benzene rings is 1. The highest BCUT2D eigenvalue weighted by Gasteiger charge is 2.65. The van der Waals surface area contributed by atoms with E-state index in [9.17, 15) is 23.5 Å². The average Bonchev–Trinajstić information content (AvgIpc) is 2.36. The van der Waals surface area contributed by atoms with Crippen LogP contribution in [-0.4, -0.2) is 17.0 Å². The number of hydrogen-bond acceptors (Lipinski definition) is 2. The van der Waals surface area contributed by atoms with E-state index in [0.717, 1.165) is 19.3 Å². The fraction of sp³-hybridized carbons (Fsp3) is 0.500. The normalized spacial score (nSPS) is 20.9. The Hall–Kier alpha value is -1.98. The summed E-state index contributed by atoms with van der Waals surface area (Å²) in [6.07, 6.45) is 3.47. The van der Waals surface area contributed by atoms with E-state index in [1.54, 1.807) is 0 Å². The molecule has 2 N–H and O–H groups in total. The lowest BCUT2D eigenvalue weighted by Gasteiger charge is -2.58. The van der Waals surface area contributed by atoms with Gasteiger partial charge in [-0.1, -0.05) is 12.5 Å². The van der Waals surface area contributed by atoms with Crippen LogP contribution in [0.5, 0.6) is 0 Å². The number of carboxylic acids is 1. The first-order valence-electron chi connectivity index (χ1n) is 7.29. The van der Waals surface area contributed by atoms with Crippen LogP contribution in [0, 0.1) is 29.4 Å². The number of nitrogens with one attached hydrogen (secondary N) is 1. The lowest BCUT2D eigenvalue weighted by molar-refractivity contribution is -0.178. The number of halogens is 2. The Kier molecular flexibility index (Phi) is 3.23. The van der Waals surface area contributed by atoms with Crippen LogP contribution in [0.3, 0.4) is 0 Å². The quantitative estimate of drug-likeness (QED) is 0.842. The number of carbonyl (C=O) groups is 2. The van der Waals surface area contributed by atoms with E-state index in [2.05, 4.69) is 5.32 Å². The van der Waals surface area contributed by atoms with Gasteiger partial charge in [0, 0.05) is 0 Å². The van der Waals surface area contributed by atoms with Crippen LogP contribution in [0.4, 0.5) is 14.5 Å². The Morgan fingerprint density at radius 1 is 1.18 bits per heavy atom. The van der Waals surface area contributed by atoms with E-state index in [0.29, 0.717) is 0 Å². The Morgan fingerprint density at radius 3 is 2.32 bits per heavy atom. The largest absolute Gasteiger partial charge is 0.480 e. The van der Waals surface area contributed by atoms with Crippen molar-refractivity contribution in [3.05, 3.63) is 29.3 Å². The van der Waals surface area contributed by atoms with Gasteiger partial charge in [-0.25, -0.2) is 8.78 Å². The molecule has 0 unspecified atom stereocenters. The highest BCUT2D eigenvalue weighted by Crippen LogP contribution is 2.64. The Bertz CT molecular complexity index is 660. The standard InChI is InChI=1S/C16H17F2NO3/c1-9-3-4-10(12(18)11(9)17)19-13(20)16(14(21)22)7-15(8-16)5-2-6-15/h3-4H,2,5-8H2,1H3,(H,19,20)(H,21,22). The lowest BCUT2D eigenvalue weighted by atomic mass is 9.45. The number of amides is 1. The van der Waals surface area contributed by atoms with Crippen LogP contribution in [0.25, 0.3) is 0 Å². The zero-order valence-corrected chi connectivity index (χ0v) is 12.2. The molecule has 22 heavy (non-hydrogen) atoms. The molecule has 2 saturated carbocycles. The van der Waals surface area contributed by atoms with Gasteiger partial charge in [0.05, 0.1) is 5.69 Å². The zero-order valence-electron chi connectivity index (χ0n) is 12.2. The highest BCUT2D eigenvalue weighted by molar-refractivity contribution is 6.09. The van der Waals surface area contributed by atoms with Crippen molar-refractivity contribution in [3.8, 4) is 0 Å². The fourth-order valence-corrected chi connectivity index (χ4v) is 3.65. The zero-order chi connectivity index (χ0) is 16.1. The van der Waals surface area contributed by atoms with Crippen molar-refractivity contribution in [1.82, 2.24) is 0 Å². The van der Waals surface area contributed by atoms with Crippen LogP contribution < -0.4 is 5.32 Å². The van der Waals surface area contributed by atoms with Crippen molar-refractivity contribution in [2.45, 2.75) is 39.0 Å². The van der Waals surface area contributed by atoms with Crippen molar-refractivity contribution < 1.29 is 23.5 Å². The summed E-state index contributed by atoms with van der Waals surface area (Å²) in [7, 11) is 0. The van der Waals surface area contributed by atoms with Crippen molar-refractivity contribution >= 4 is 17.6 Å². The second kappa shape index (κ2) is 4.76. The molecule has 0 atom stereocenters. The van der Waals surface area contributed by atoms with E-state index in [1.165, 1.54) is 19.1 Å². The van der Waals surface area contributed by atoms with Gasteiger partial charge in [-0.15, -0.1) is 0 Å². The summed E-state index contributed by atoms with van der Waals surface area (Å²) in [5.41, 5.74) is -1.75. The van der Waals surface area contributed by atoms with Crippen molar-refractivity contribution in [3.63, 3.8) is 0 Å². The number of hydrogen-bond donors (Lipinski definition) is 2. The minimum absolute atomic E-state index is 0.0349. The van der Waals surface area contributed by atoms with E-state index >= 15 is 0 Å². The third kappa shape index (κ3) is 2.01. The van der Waals surface area contributed by atoms with Crippen molar-refractivity contribution in [1.29, 1.82) is 0 Å². The summed E-state index contributed by atoms with van der Waals surface area (Å²) in [4.78, 5) is 23.9. The van der Waals surface area contributed by atoms with Gasteiger partial charge in [-0.2, -0.15) is 0 Å². The minimum Gasteiger partial charge on any atom is -0.480 e. The maximum Gasteiger partial charge on any atom is 0.319 e. The van der Waals surface area contributed by atoms with Gasteiger partial charge in [0.15, 0.2) is 11.6 Å². The molecule has 1 spiro atoms. The van der Waals surface area contributed by atoms with Crippen LogP contribution >= 0.6 is 0 Å². The van der Waals surface area contributed by atoms with Gasteiger partial charge >= 0.3 is 5.97 Å². The number of rotatable bonds is 3. The molecule has 1 aromatic carbocycles. The summed E-state index contributed by atoms with van der Waals surface area (Å²) >= 11 is 0. The molecular formula is C16H17F2NO3. The summed E-state index contributed by atoms with van der Waals surface area (Å²) in [5.74, 6) is -4.16. The molecular weight excluding hydrogens is 292 g/mol. The summed E-state index contributed by atoms with van der Waals surface area (Å²) in [5, 5.41) is 11.7. The smallest absolute Gasteiger partial charge is 0.319 e. The molecule has 0 bridgehead atoms. The van der Waals surface area contributed by atoms with Gasteiger partial charge in [0.1, 0.15) is 5.41 Å². The number of anilines is 1. The molecule has 2 aliphatic carbocycles. The number of carbonyl (C=O) groups excluding carboxylic acids is 1. The molecule has 4 nitrogen and oxygen atoms in total. The van der Waals surface area contributed by atoms with Crippen LogP contribution in [-0.2, 0) is 9.59 Å². The van der Waals surface area contributed by atoms with Crippen LogP contribution in [0.2, 0.25) is 0 Å². The first-order chi connectivity index (χ1) is 10.3. The third-order valence-electron chi connectivity index (χ3n) is 5.14. The highest BCUT2D eigenvalue weighted by atomic mass is 19.2. The molecule has 3 rings (SSSR count). The Balaban J connectivity index is 1.81. The second-order valence-electron chi connectivity index (χ2n) is 6.61. The first-order valence-corrected chi connectivity index (χ1v) is 7.29. The number of carboxylic acid groups (broad SMARTS) is 1. The van der Waals surface area contributed by atoms with E-state index in [1.807, 2.05) is 0 Å². The topological polar surface area (TPSA) is 66.4 Å². The predicted molar refractivity (Wildman–Crippen MR) is 75.3 cm³/mol. The molecule has 2 aliphatic rings. The Morgan fingerprint density at radius 2 is 1.82 bits per heavy atom. The minimum atomic E-state index is -1.52. The van der Waals surface area contributed by atoms with E-state index in [4.69, 9.17) is 0 Å². The van der Waals surface area contributed by atoms with Crippen LogP contribution in [0.15, 0.2) is 12.1 Å². The molecule has 0 aliphatic heterocycles. The van der Waals surface area contributed by atoms with E-state index < -0.39 is 28.9 Å². The number of aliphatic carboxylic acids is 1. The molecule has 0 radical (unpaired) electrons. The van der Waals surface area contributed by atoms with Gasteiger partial charge < -0.3 is 10.4 Å². The second-order valence-corrected chi connectivity index (χ2v) is 6.61. The fourth-order valence-electron chi connectivity index (χ4n) is 3.65. The summed E-state index contributed by atoms with van der Waals surface area (Å²) in [6, 6.07) is 2.59. The molecule has 1 amide bonds. The lowest BCUT2D eigenvalue weighted by Crippen LogP contribution is -2.59.